The maximum atomic E-state index is 12.2. The van der Waals surface area contributed by atoms with Gasteiger partial charge in [-0.25, -0.2) is 0 Å². The van der Waals surface area contributed by atoms with E-state index in [4.69, 9.17) is 4.74 Å². The molecule has 23 heavy (non-hydrogen) atoms. The lowest BCUT2D eigenvalue weighted by molar-refractivity contribution is -0.952. The number of hydrogen-bond donors (Lipinski definition) is 1. The van der Waals surface area contributed by atoms with E-state index in [1.807, 2.05) is 13.8 Å². The summed E-state index contributed by atoms with van der Waals surface area (Å²) in [6.07, 6.45) is 14.7. The Morgan fingerprint density at radius 2 is 1.43 bits per heavy atom. The number of quaternary nitrogens is 1. The molecule has 0 aromatic carbocycles. The monoisotopic (exact) mass is 324 g/mol. The Balaban J connectivity index is 1.87. The number of ether oxygens (including phenoxy) is 1. The zero-order valence-corrected chi connectivity index (χ0v) is 15.7. The molecule has 0 heterocycles. The Morgan fingerprint density at radius 1 is 0.957 bits per heavy atom. The van der Waals surface area contributed by atoms with Crippen LogP contribution in [0.25, 0.3) is 0 Å². The van der Waals surface area contributed by atoms with E-state index in [9.17, 15) is 4.79 Å². The molecule has 2 fully saturated rings. The molecule has 0 aromatic heterocycles. The molecule has 0 amide bonds. The first kappa shape index (κ1) is 18.8. The van der Waals surface area contributed by atoms with Gasteiger partial charge in [-0.05, 0) is 71.6 Å². The third kappa shape index (κ3) is 5.48. The van der Waals surface area contributed by atoms with Crippen molar-refractivity contribution in [2.75, 3.05) is 13.2 Å². The SMILES string of the molecule is CCC(C)(C)C(=O)OCC[NH+](C1CCCCC1)C1CCCCC1. The summed E-state index contributed by atoms with van der Waals surface area (Å²) in [6, 6.07) is 1.62. The lowest BCUT2D eigenvalue weighted by Gasteiger charge is -2.38. The summed E-state index contributed by atoms with van der Waals surface area (Å²) in [6.45, 7) is 7.65. The van der Waals surface area contributed by atoms with Crippen LogP contribution in [0.15, 0.2) is 0 Å². The molecule has 2 saturated carbocycles. The molecule has 0 bridgehead atoms. The minimum Gasteiger partial charge on any atom is -0.459 e. The standard InChI is InChI=1S/C20H37NO2/c1-4-20(2,3)19(22)23-16-15-21(17-11-7-5-8-12-17)18-13-9-6-10-14-18/h17-18H,4-16H2,1-3H3/p+1. The summed E-state index contributed by atoms with van der Waals surface area (Å²) in [7, 11) is 0. The van der Waals surface area contributed by atoms with Crippen molar-refractivity contribution in [2.45, 2.75) is 103 Å². The molecule has 0 atom stereocenters. The highest BCUT2D eigenvalue weighted by molar-refractivity contribution is 5.75. The van der Waals surface area contributed by atoms with Crippen LogP contribution in [-0.2, 0) is 9.53 Å². The van der Waals surface area contributed by atoms with Crippen LogP contribution in [0.1, 0.15) is 91.4 Å². The van der Waals surface area contributed by atoms with Crippen LogP contribution in [-0.4, -0.2) is 31.2 Å². The van der Waals surface area contributed by atoms with Crippen LogP contribution in [0.4, 0.5) is 0 Å². The van der Waals surface area contributed by atoms with Gasteiger partial charge in [0.05, 0.1) is 17.5 Å². The van der Waals surface area contributed by atoms with Crippen LogP contribution in [0, 0.1) is 5.41 Å². The van der Waals surface area contributed by atoms with Crippen molar-refractivity contribution in [3.63, 3.8) is 0 Å². The highest BCUT2D eigenvalue weighted by Gasteiger charge is 2.33. The van der Waals surface area contributed by atoms with E-state index in [-0.39, 0.29) is 11.4 Å². The largest absolute Gasteiger partial charge is 0.459 e. The Kier molecular flexibility index (Phi) is 7.39. The van der Waals surface area contributed by atoms with Crippen molar-refractivity contribution >= 4 is 5.97 Å². The Morgan fingerprint density at radius 3 is 1.87 bits per heavy atom. The highest BCUT2D eigenvalue weighted by atomic mass is 16.5. The summed E-state index contributed by atoms with van der Waals surface area (Å²) >= 11 is 0. The van der Waals surface area contributed by atoms with Gasteiger partial charge >= 0.3 is 5.97 Å². The predicted molar refractivity (Wildman–Crippen MR) is 94.6 cm³/mol. The van der Waals surface area contributed by atoms with Crippen molar-refractivity contribution in [1.82, 2.24) is 0 Å². The van der Waals surface area contributed by atoms with Gasteiger partial charge in [-0.2, -0.15) is 0 Å². The molecule has 3 heteroatoms. The van der Waals surface area contributed by atoms with Crippen molar-refractivity contribution in [3.8, 4) is 0 Å². The summed E-state index contributed by atoms with van der Waals surface area (Å²) in [5.41, 5.74) is -0.337. The van der Waals surface area contributed by atoms with E-state index in [1.165, 1.54) is 64.2 Å². The maximum absolute atomic E-state index is 12.2. The normalized spacial score (nSPS) is 21.6. The van der Waals surface area contributed by atoms with Crippen LogP contribution in [0.2, 0.25) is 0 Å². The summed E-state index contributed by atoms with van der Waals surface area (Å²) < 4.78 is 5.65. The first-order valence-electron chi connectivity index (χ1n) is 10.1. The third-order valence-electron chi connectivity index (χ3n) is 6.32. The molecule has 3 nitrogen and oxygen atoms in total. The number of nitrogens with one attached hydrogen (secondary N) is 1. The lowest BCUT2D eigenvalue weighted by Crippen LogP contribution is -3.19. The fourth-order valence-corrected chi connectivity index (χ4v) is 4.29. The molecule has 134 valence electrons. The lowest BCUT2D eigenvalue weighted by atomic mass is 9.88. The second-order valence-corrected chi connectivity index (χ2v) is 8.37. The van der Waals surface area contributed by atoms with Crippen LogP contribution >= 0.6 is 0 Å². The van der Waals surface area contributed by atoms with Crippen LogP contribution in [0.3, 0.4) is 0 Å². The van der Waals surface area contributed by atoms with Crippen LogP contribution < -0.4 is 4.90 Å². The van der Waals surface area contributed by atoms with Gasteiger partial charge in [-0.15, -0.1) is 0 Å². The van der Waals surface area contributed by atoms with E-state index in [1.54, 1.807) is 4.90 Å². The molecule has 2 rings (SSSR count). The Labute approximate surface area is 143 Å². The molecule has 2 aliphatic carbocycles. The van der Waals surface area contributed by atoms with E-state index < -0.39 is 0 Å². The average Bonchev–Trinajstić information content (AvgIpc) is 2.60. The first-order chi connectivity index (χ1) is 11.0. The summed E-state index contributed by atoms with van der Waals surface area (Å²) in [5, 5.41) is 0. The van der Waals surface area contributed by atoms with Gasteiger partial charge in [0.2, 0.25) is 0 Å². The summed E-state index contributed by atoms with van der Waals surface area (Å²) in [4.78, 5) is 14.0. The van der Waals surface area contributed by atoms with E-state index in [0.29, 0.717) is 6.61 Å². The molecular formula is C20H38NO2+. The molecule has 0 aromatic rings. The Hall–Kier alpha value is -0.570. The first-order valence-corrected chi connectivity index (χ1v) is 10.1. The topological polar surface area (TPSA) is 30.7 Å². The van der Waals surface area contributed by atoms with Gasteiger partial charge in [-0.1, -0.05) is 19.8 Å². The van der Waals surface area contributed by atoms with Gasteiger partial charge in [0.15, 0.2) is 0 Å². The van der Waals surface area contributed by atoms with Gasteiger partial charge < -0.3 is 9.64 Å². The molecule has 0 radical (unpaired) electrons. The van der Waals surface area contributed by atoms with Gasteiger partial charge in [0, 0.05) is 0 Å². The average molecular weight is 325 g/mol. The van der Waals surface area contributed by atoms with Crippen molar-refractivity contribution in [3.05, 3.63) is 0 Å². The number of carbonyl (C=O) groups excluding carboxylic acids is 1. The molecule has 0 saturated heterocycles. The van der Waals surface area contributed by atoms with E-state index >= 15 is 0 Å². The summed E-state index contributed by atoms with van der Waals surface area (Å²) in [5.74, 6) is -0.0216. The highest BCUT2D eigenvalue weighted by Crippen LogP contribution is 2.22. The van der Waals surface area contributed by atoms with Gasteiger partial charge in [-0.3, -0.25) is 4.79 Å². The Bertz CT molecular complexity index is 337. The zero-order valence-electron chi connectivity index (χ0n) is 15.7. The quantitative estimate of drug-likeness (QED) is 0.726. The number of hydrogen-bond acceptors (Lipinski definition) is 2. The smallest absolute Gasteiger partial charge is 0.311 e. The van der Waals surface area contributed by atoms with Crippen molar-refractivity contribution in [1.29, 1.82) is 0 Å². The molecule has 2 aliphatic rings. The maximum Gasteiger partial charge on any atom is 0.311 e. The van der Waals surface area contributed by atoms with E-state index in [2.05, 4.69) is 6.92 Å². The molecular weight excluding hydrogens is 286 g/mol. The fraction of sp³-hybridized carbons (Fsp3) is 0.950. The molecule has 0 aliphatic heterocycles. The third-order valence-corrected chi connectivity index (χ3v) is 6.32. The zero-order chi connectivity index (χ0) is 16.7. The number of esters is 1. The molecule has 0 unspecified atom stereocenters. The second-order valence-electron chi connectivity index (χ2n) is 8.37. The number of carbonyl (C=O) groups is 1. The molecule has 1 N–H and O–H groups in total. The second kappa shape index (κ2) is 9.05. The van der Waals surface area contributed by atoms with Gasteiger partial charge in [0.25, 0.3) is 0 Å². The van der Waals surface area contributed by atoms with Crippen molar-refractivity contribution in [2.24, 2.45) is 5.41 Å². The molecule has 0 spiro atoms. The fourth-order valence-electron chi connectivity index (χ4n) is 4.29. The number of rotatable bonds is 7. The van der Waals surface area contributed by atoms with E-state index in [0.717, 1.165) is 25.0 Å². The van der Waals surface area contributed by atoms with Crippen molar-refractivity contribution < 1.29 is 14.4 Å². The predicted octanol–water partition coefficient (Wildman–Crippen LogP) is 3.52. The van der Waals surface area contributed by atoms with Gasteiger partial charge in [0.1, 0.15) is 13.2 Å². The minimum absolute atomic E-state index is 0.0216. The van der Waals surface area contributed by atoms with Crippen LogP contribution in [0.5, 0.6) is 0 Å². The minimum atomic E-state index is -0.337.